The summed E-state index contributed by atoms with van der Waals surface area (Å²) in [6.07, 6.45) is 1.52. The van der Waals surface area contributed by atoms with E-state index in [1.165, 1.54) is 0 Å². The number of β-amino-alcohol motifs (C(OH)–C–C–N with tert-alkyl or cyclic N) is 1. The molecule has 0 unspecified atom stereocenters. The van der Waals surface area contributed by atoms with Crippen molar-refractivity contribution in [2.75, 3.05) is 37.0 Å². The maximum atomic E-state index is 9.35. The van der Waals surface area contributed by atoms with Gasteiger partial charge in [-0.05, 0) is 18.2 Å². The fraction of sp³-hybridized carbons (Fsp3) is 0.333. The van der Waals surface area contributed by atoms with Crippen molar-refractivity contribution in [3.8, 4) is 11.3 Å². The zero-order valence-corrected chi connectivity index (χ0v) is 11.7. The zero-order chi connectivity index (χ0) is 14.1. The lowest BCUT2D eigenvalue weighted by atomic mass is 10.1. The van der Waals surface area contributed by atoms with Crippen LogP contribution >= 0.6 is 0 Å². The van der Waals surface area contributed by atoms with Crippen molar-refractivity contribution >= 4 is 11.6 Å². The van der Waals surface area contributed by atoms with E-state index in [0.29, 0.717) is 19.0 Å². The van der Waals surface area contributed by atoms with Gasteiger partial charge in [-0.15, -0.1) is 0 Å². The van der Waals surface area contributed by atoms with Crippen molar-refractivity contribution in [2.24, 2.45) is 0 Å². The summed E-state index contributed by atoms with van der Waals surface area (Å²) in [5.74, 6) is 0.685. The van der Waals surface area contributed by atoms with Crippen LogP contribution in [0.2, 0.25) is 0 Å². The van der Waals surface area contributed by atoms with Crippen LogP contribution in [0.15, 0.2) is 36.5 Å². The van der Waals surface area contributed by atoms with E-state index in [0.717, 1.165) is 16.9 Å². The Kier molecular flexibility index (Phi) is 3.28. The van der Waals surface area contributed by atoms with E-state index in [9.17, 15) is 5.11 Å². The SMILES string of the molecule is CN(C)c1ccc(-c2ccnc(N3CC(O)C3)n2)cc1. The molecule has 1 fully saturated rings. The number of rotatable bonds is 3. The van der Waals surface area contributed by atoms with Crippen LogP contribution < -0.4 is 9.80 Å². The Hall–Kier alpha value is -2.14. The monoisotopic (exact) mass is 270 g/mol. The van der Waals surface area contributed by atoms with Gasteiger partial charge in [-0.3, -0.25) is 0 Å². The number of anilines is 2. The highest BCUT2D eigenvalue weighted by Crippen LogP contribution is 2.23. The highest BCUT2D eigenvalue weighted by atomic mass is 16.3. The molecule has 104 valence electrons. The third kappa shape index (κ3) is 2.44. The smallest absolute Gasteiger partial charge is 0.226 e. The van der Waals surface area contributed by atoms with Crippen molar-refractivity contribution in [3.05, 3.63) is 36.5 Å². The van der Waals surface area contributed by atoms with Crippen LogP contribution in [0.25, 0.3) is 11.3 Å². The van der Waals surface area contributed by atoms with Gasteiger partial charge in [-0.25, -0.2) is 9.97 Å². The van der Waals surface area contributed by atoms with Gasteiger partial charge in [0.1, 0.15) is 0 Å². The van der Waals surface area contributed by atoms with Gasteiger partial charge in [0, 0.05) is 44.6 Å². The minimum absolute atomic E-state index is 0.248. The van der Waals surface area contributed by atoms with E-state index >= 15 is 0 Å². The fourth-order valence-electron chi connectivity index (χ4n) is 2.21. The molecule has 1 N–H and O–H groups in total. The van der Waals surface area contributed by atoms with Crippen LogP contribution in [0.4, 0.5) is 11.6 Å². The standard InChI is InChI=1S/C15H18N4O/c1-18(2)12-5-3-11(4-6-12)14-7-8-16-15(17-14)19-9-13(20)10-19/h3-8,13,20H,9-10H2,1-2H3. The van der Waals surface area contributed by atoms with E-state index in [4.69, 9.17) is 0 Å². The molecule has 0 aliphatic carbocycles. The summed E-state index contributed by atoms with van der Waals surface area (Å²) < 4.78 is 0. The second-order valence-corrected chi connectivity index (χ2v) is 5.24. The molecular formula is C15H18N4O. The number of aliphatic hydroxyl groups excluding tert-OH is 1. The van der Waals surface area contributed by atoms with Crippen LogP contribution in [0.5, 0.6) is 0 Å². The van der Waals surface area contributed by atoms with Crippen molar-refractivity contribution in [1.82, 2.24) is 9.97 Å². The summed E-state index contributed by atoms with van der Waals surface area (Å²) in [5.41, 5.74) is 3.14. The minimum Gasteiger partial charge on any atom is -0.389 e. The van der Waals surface area contributed by atoms with Gasteiger partial charge in [0.25, 0.3) is 0 Å². The van der Waals surface area contributed by atoms with Crippen molar-refractivity contribution in [3.63, 3.8) is 0 Å². The lowest BCUT2D eigenvalue weighted by Gasteiger charge is -2.35. The first-order chi connectivity index (χ1) is 9.63. The van der Waals surface area contributed by atoms with Gasteiger partial charge in [-0.1, -0.05) is 12.1 Å². The molecule has 1 aromatic heterocycles. The number of benzene rings is 1. The van der Waals surface area contributed by atoms with E-state index < -0.39 is 0 Å². The van der Waals surface area contributed by atoms with E-state index in [-0.39, 0.29) is 6.10 Å². The molecule has 1 saturated heterocycles. The topological polar surface area (TPSA) is 52.5 Å². The number of aromatic nitrogens is 2. The minimum atomic E-state index is -0.248. The fourth-order valence-corrected chi connectivity index (χ4v) is 2.21. The van der Waals surface area contributed by atoms with Crippen LogP contribution in [0.1, 0.15) is 0 Å². The Morgan fingerprint density at radius 1 is 1.15 bits per heavy atom. The molecule has 0 saturated carbocycles. The Morgan fingerprint density at radius 2 is 1.85 bits per heavy atom. The predicted molar refractivity (Wildman–Crippen MR) is 80.0 cm³/mol. The quantitative estimate of drug-likeness (QED) is 0.913. The van der Waals surface area contributed by atoms with E-state index in [2.05, 4.69) is 39.1 Å². The average Bonchev–Trinajstić information content (AvgIpc) is 2.44. The van der Waals surface area contributed by atoms with Crippen LogP contribution in [0.3, 0.4) is 0 Å². The van der Waals surface area contributed by atoms with Gasteiger partial charge in [0.2, 0.25) is 5.95 Å². The van der Waals surface area contributed by atoms with Crippen LogP contribution in [0, 0.1) is 0 Å². The molecule has 1 aliphatic heterocycles. The molecule has 2 heterocycles. The molecule has 0 spiro atoms. The van der Waals surface area contributed by atoms with Crippen molar-refractivity contribution in [2.45, 2.75) is 6.10 Å². The second-order valence-electron chi connectivity index (χ2n) is 5.24. The lowest BCUT2D eigenvalue weighted by molar-refractivity contribution is 0.140. The van der Waals surface area contributed by atoms with Gasteiger partial charge in [0.15, 0.2) is 0 Å². The average molecular weight is 270 g/mol. The van der Waals surface area contributed by atoms with Gasteiger partial charge in [-0.2, -0.15) is 0 Å². The molecule has 3 rings (SSSR count). The molecule has 0 bridgehead atoms. The first-order valence-corrected chi connectivity index (χ1v) is 6.67. The number of hydrogen-bond acceptors (Lipinski definition) is 5. The van der Waals surface area contributed by atoms with Gasteiger partial charge >= 0.3 is 0 Å². The normalized spacial score (nSPS) is 15.1. The molecule has 1 aliphatic rings. The largest absolute Gasteiger partial charge is 0.389 e. The van der Waals surface area contributed by atoms with Crippen molar-refractivity contribution < 1.29 is 5.11 Å². The summed E-state index contributed by atoms with van der Waals surface area (Å²) in [4.78, 5) is 12.9. The Morgan fingerprint density at radius 3 is 2.45 bits per heavy atom. The summed E-state index contributed by atoms with van der Waals surface area (Å²) in [7, 11) is 4.04. The zero-order valence-electron chi connectivity index (χ0n) is 11.7. The predicted octanol–water partition coefficient (Wildman–Crippen LogP) is 1.39. The van der Waals surface area contributed by atoms with Crippen LogP contribution in [-0.4, -0.2) is 48.4 Å². The molecule has 0 amide bonds. The molecule has 0 radical (unpaired) electrons. The summed E-state index contributed by atoms with van der Waals surface area (Å²) >= 11 is 0. The van der Waals surface area contributed by atoms with E-state index in [1.807, 2.05) is 25.1 Å². The molecule has 2 aromatic rings. The second kappa shape index (κ2) is 5.09. The first-order valence-electron chi connectivity index (χ1n) is 6.67. The summed E-state index contributed by atoms with van der Waals surface area (Å²) in [6.45, 7) is 1.23. The van der Waals surface area contributed by atoms with Crippen molar-refractivity contribution in [1.29, 1.82) is 0 Å². The highest BCUT2D eigenvalue weighted by molar-refractivity contribution is 5.63. The Balaban J connectivity index is 1.84. The molecular weight excluding hydrogens is 252 g/mol. The van der Waals surface area contributed by atoms with E-state index in [1.54, 1.807) is 6.20 Å². The molecule has 1 aromatic carbocycles. The Bertz CT molecular complexity index is 591. The Labute approximate surface area is 118 Å². The molecule has 0 atom stereocenters. The molecule has 5 heteroatoms. The maximum absolute atomic E-state index is 9.35. The summed E-state index contributed by atoms with van der Waals surface area (Å²) in [5, 5.41) is 9.35. The lowest BCUT2D eigenvalue weighted by Crippen LogP contribution is -2.51. The highest BCUT2D eigenvalue weighted by Gasteiger charge is 2.26. The number of hydrogen-bond donors (Lipinski definition) is 1. The summed E-state index contributed by atoms with van der Waals surface area (Å²) in [6, 6.07) is 10.2. The van der Waals surface area contributed by atoms with Gasteiger partial charge in [0.05, 0.1) is 11.8 Å². The van der Waals surface area contributed by atoms with Gasteiger partial charge < -0.3 is 14.9 Å². The molecule has 20 heavy (non-hydrogen) atoms. The first kappa shape index (κ1) is 12.9. The third-order valence-electron chi connectivity index (χ3n) is 3.47. The third-order valence-corrected chi connectivity index (χ3v) is 3.47. The number of nitrogens with zero attached hydrogens (tertiary/aromatic N) is 4. The van der Waals surface area contributed by atoms with Crippen LogP contribution in [-0.2, 0) is 0 Å². The molecule has 5 nitrogen and oxygen atoms in total. The number of aliphatic hydroxyl groups is 1. The maximum Gasteiger partial charge on any atom is 0.226 e.